The summed E-state index contributed by atoms with van der Waals surface area (Å²) in [7, 11) is 0. The van der Waals surface area contributed by atoms with E-state index in [0.717, 1.165) is 5.56 Å². The Morgan fingerprint density at radius 1 is 1.46 bits per heavy atom. The van der Waals surface area contributed by atoms with Gasteiger partial charge in [-0.25, -0.2) is 0 Å². The van der Waals surface area contributed by atoms with Crippen LogP contribution in [0.1, 0.15) is 5.56 Å². The Morgan fingerprint density at radius 2 is 2.15 bits per heavy atom. The van der Waals surface area contributed by atoms with E-state index in [1.165, 1.54) is 12.1 Å². The highest BCUT2D eigenvalue weighted by molar-refractivity contribution is 5.65. The molecule has 1 aromatic rings. The standard InChI is InChI=1S/C7H8N4O2/c1-5-2-3-6(9-10-8)7(4-5)11(12)13/h2-4,12-13H,1H3. The van der Waals surface area contributed by atoms with Gasteiger partial charge in [0.2, 0.25) is 0 Å². The van der Waals surface area contributed by atoms with Crippen LogP contribution in [-0.4, -0.2) is 10.4 Å². The maximum atomic E-state index is 8.76. The highest BCUT2D eigenvalue weighted by Gasteiger charge is 2.05. The summed E-state index contributed by atoms with van der Waals surface area (Å²) < 4.78 is 0. The summed E-state index contributed by atoms with van der Waals surface area (Å²) in [6.45, 7) is 1.78. The fourth-order valence-electron chi connectivity index (χ4n) is 0.926. The van der Waals surface area contributed by atoms with Crippen LogP contribution in [0, 0.1) is 6.92 Å². The van der Waals surface area contributed by atoms with Crippen LogP contribution >= 0.6 is 0 Å². The van der Waals surface area contributed by atoms with Gasteiger partial charge in [-0.1, -0.05) is 17.2 Å². The van der Waals surface area contributed by atoms with Crippen LogP contribution in [0.5, 0.6) is 0 Å². The van der Waals surface area contributed by atoms with Crippen molar-refractivity contribution in [2.75, 3.05) is 5.23 Å². The SMILES string of the molecule is Cc1ccc(N=[N+]=[N-])c(N(O)O)c1. The van der Waals surface area contributed by atoms with Gasteiger partial charge in [-0.2, -0.15) is 0 Å². The zero-order valence-corrected chi connectivity index (χ0v) is 6.92. The van der Waals surface area contributed by atoms with E-state index in [2.05, 4.69) is 10.0 Å². The zero-order valence-electron chi connectivity index (χ0n) is 6.92. The van der Waals surface area contributed by atoms with Crippen LogP contribution in [0.4, 0.5) is 11.4 Å². The molecule has 6 nitrogen and oxygen atoms in total. The molecular formula is C7H8N4O2. The molecule has 0 fully saturated rings. The molecule has 2 N–H and O–H groups in total. The first-order valence-electron chi connectivity index (χ1n) is 3.49. The predicted molar refractivity (Wildman–Crippen MR) is 46.0 cm³/mol. The molecule has 0 saturated carbocycles. The van der Waals surface area contributed by atoms with Gasteiger partial charge in [0.1, 0.15) is 5.69 Å². The Hall–Kier alpha value is -1.75. The van der Waals surface area contributed by atoms with Gasteiger partial charge in [0.05, 0.1) is 5.69 Å². The maximum absolute atomic E-state index is 8.76. The van der Waals surface area contributed by atoms with E-state index in [9.17, 15) is 0 Å². The summed E-state index contributed by atoms with van der Waals surface area (Å²) in [5.74, 6) is 0. The van der Waals surface area contributed by atoms with Crippen molar-refractivity contribution in [2.45, 2.75) is 6.92 Å². The average molecular weight is 180 g/mol. The first-order chi connectivity index (χ1) is 6.15. The Balaban J connectivity index is 3.26. The second-order valence-electron chi connectivity index (χ2n) is 2.47. The molecule has 68 valence electrons. The number of hydrogen-bond donors (Lipinski definition) is 2. The minimum absolute atomic E-state index is 0.0535. The Morgan fingerprint density at radius 3 is 2.69 bits per heavy atom. The van der Waals surface area contributed by atoms with Crippen molar-refractivity contribution in [3.63, 3.8) is 0 Å². The fraction of sp³-hybridized carbons (Fsp3) is 0.143. The first kappa shape index (κ1) is 9.34. The Bertz CT molecular complexity index is 358. The van der Waals surface area contributed by atoms with Gasteiger partial charge in [0, 0.05) is 4.91 Å². The summed E-state index contributed by atoms with van der Waals surface area (Å²) in [4.78, 5) is 2.55. The number of rotatable bonds is 2. The van der Waals surface area contributed by atoms with Crippen molar-refractivity contribution in [3.05, 3.63) is 34.2 Å². The van der Waals surface area contributed by atoms with Gasteiger partial charge in [0.25, 0.3) is 0 Å². The summed E-state index contributed by atoms with van der Waals surface area (Å²) in [6, 6.07) is 4.70. The van der Waals surface area contributed by atoms with E-state index >= 15 is 0 Å². The van der Waals surface area contributed by atoms with Crippen molar-refractivity contribution in [3.8, 4) is 0 Å². The molecule has 1 aromatic carbocycles. The molecule has 0 spiro atoms. The molecule has 0 amide bonds. The third-order valence-corrected chi connectivity index (χ3v) is 1.50. The summed E-state index contributed by atoms with van der Waals surface area (Å²) >= 11 is 0. The normalized spacial score (nSPS) is 9.15. The lowest BCUT2D eigenvalue weighted by Gasteiger charge is -2.10. The van der Waals surface area contributed by atoms with Crippen LogP contribution in [0.3, 0.4) is 0 Å². The van der Waals surface area contributed by atoms with Crippen molar-refractivity contribution >= 4 is 11.4 Å². The number of hydrogen-bond acceptors (Lipinski definition) is 4. The number of anilines is 1. The first-order valence-corrected chi connectivity index (χ1v) is 3.49. The molecule has 0 saturated heterocycles. The molecule has 0 atom stereocenters. The minimum atomic E-state index is -0.0724. The van der Waals surface area contributed by atoms with E-state index in [1.807, 2.05) is 0 Å². The monoisotopic (exact) mass is 180 g/mol. The number of benzene rings is 1. The van der Waals surface area contributed by atoms with Crippen LogP contribution in [-0.2, 0) is 0 Å². The van der Waals surface area contributed by atoms with Crippen LogP contribution in [0.25, 0.3) is 10.4 Å². The number of aryl methyl sites for hydroxylation is 1. The Labute approximate surface area is 74.2 Å². The third-order valence-electron chi connectivity index (χ3n) is 1.50. The molecule has 0 radical (unpaired) electrons. The summed E-state index contributed by atoms with van der Waals surface area (Å²) in [5.41, 5.74) is 9.22. The van der Waals surface area contributed by atoms with E-state index in [4.69, 9.17) is 15.9 Å². The van der Waals surface area contributed by atoms with Gasteiger partial charge < -0.3 is 0 Å². The molecular weight excluding hydrogens is 172 g/mol. The van der Waals surface area contributed by atoms with Gasteiger partial charge in [-0.05, 0) is 24.1 Å². The second kappa shape index (κ2) is 3.77. The highest BCUT2D eigenvalue weighted by Crippen LogP contribution is 2.27. The second-order valence-corrected chi connectivity index (χ2v) is 2.47. The van der Waals surface area contributed by atoms with Crippen molar-refractivity contribution < 1.29 is 10.4 Å². The molecule has 0 unspecified atom stereocenters. The van der Waals surface area contributed by atoms with Gasteiger partial charge in [-0.15, -0.1) is 5.23 Å². The number of azide groups is 1. The lowest BCUT2D eigenvalue weighted by Crippen LogP contribution is -2.11. The summed E-state index contributed by atoms with van der Waals surface area (Å²) in [6.07, 6.45) is 0. The third kappa shape index (κ3) is 2.09. The zero-order chi connectivity index (χ0) is 9.84. The van der Waals surface area contributed by atoms with Crippen molar-refractivity contribution in [1.29, 1.82) is 0 Å². The fourth-order valence-corrected chi connectivity index (χ4v) is 0.926. The number of nitrogens with zero attached hydrogens (tertiary/aromatic N) is 4. The molecule has 13 heavy (non-hydrogen) atoms. The quantitative estimate of drug-likeness (QED) is 0.317. The molecule has 1 rings (SSSR count). The molecule has 6 heteroatoms. The van der Waals surface area contributed by atoms with Gasteiger partial charge in [-0.3, -0.25) is 10.4 Å². The molecule has 0 aliphatic rings. The molecule has 0 heterocycles. The lowest BCUT2D eigenvalue weighted by molar-refractivity contribution is 0.0294. The molecule has 0 aliphatic heterocycles. The molecule has 0 aliphatic carbocycles. The predicted octanol–water partition coefficient (Wildman–Crippen LogP) is 2.52. The Kier molecular flexibility index (Phi) is 2.71. The lowest BCUT2D eigenvalue weighted by atomic mass is 10.2. The molecule has 0 aromatic heterocycles. The van der Waals surface area contributed by atoms with E-state index in [0.29, 0.717) is 0 Å². The van der Waals surface area contributed by atoms with Gasteiger partial charge in [0.15, 0.2) is 0 Å². The van der Waals surface area contributed by atoms with Crippen LogP contribution in [0.2, 0.25) is 0 Å². The van der Waals surface area contributed by atoms with Crippen molar-refractivity contribution in [1.82, 2.24) is 0 Å². The van der Waals surface area contributed by atoms with E-state index in [1.54, 1.807) is 13.0 Å². The van der Waals surface area contributed by atoms with E-state index < -0.39 is 0 Å². The van der Waals surface area contributed by atoms with Crippen molar-refractivity contribution in [2.24, 2.45) is 5.11 Å². The average Bonchev–Trinajstić information content (AvgIpc) is 2.08. The highest BCUT2D eigenvalue weighted by atomic mass is 16.8. The molecule has 0 bridgehead atoms. The van der Waals surface area contributed by atoms with Gasteiger partial charge >= 0.3 is 0 Å². The summed E-state index contributed by atoms with van der Waals surface area (Å²) in [5, 5.41) is 20.7. The van der Waals surface area contributed by atoms with E-state index in [-0.39, 0.29) is 16.6 Å². The van der Waals surface area contributed by atoms with Crippen LogP contribution < -0.4 is 5.23 Å². The topological polar surface area (TPSA) is 92.5 Å². The van der Waals surface area contributed by atoms with Crippen LogP contribution in [0.15, 0.2) is 23.3 Å². The smallest absolute Gasteiger partial charge is 0.104 e. The largest absolute Gasteiger partial charge is 0.264 e. The maximum Gasteiger partial charge on any atom is 0.104 e. The minimum Gasteiger partial charge on any atom is -0.264 e.